The van der Waals surface area contributed by atoms with Crippen LogP contribution in [0.1, 0.15) is 38.6 Å². The minimum absolute atomic E-state index is 0.0895. The van der Waals surface area contributed by atoms with Crippen LogP contribution in [0.3, 0.4) is 0 Å². The molecule has 32 heavy (non-hydrogen) atoms. The Labute approximate surface area is 186 Å². The molecule has 1 aromatic carbocycles. The molecule has 0 radical (unpaired) electrons. The summed E-state index contributed by atoms with van der Waals surface area (Å²) < 4.78 is 23.5. The van der Waals surface area contributed by atoms with Gasteiger partial charge in [0, 0.05) is 49.1 Å². The molecule has 3 aromatic heterocycles. The summed E-state index contributed by atoms with van der Waals surface area (Å²) in [7, 11) is 1.91. The highest BCUT2D eigenvalue weighted by atomic mass is 19.1. The first-order valence-electron chi connectivity index (χ1n) is 11.1. The van der Waals surface area contributed by atoms with Crippen molar-refractivity contribution in [3.05, 3.63) is 54.7 Å². The third-order valence-corrected chi connectivity index (χ3v) is 6.02. The summed E-state index contributed by atoms with van der Waals surface area (Å²) in [6, 6.07) is 8.73. The highest BCUT2D eigenvalue weighted by Crippen LogP contribution is 2.36. The molecule has 0 bridgehead atoms. The molecule has 8 heteroatoms. The molecule has 3 heterocycles. The van der Waals surface area contributed by atoms with Crippen LogP contribution in [-0.2, 0) is 7.05 Å². The fourth-order valence-corrected chi connectivity index (χ4v) is 4.49. The van der Waals surface area contributed by atoms with Gasteiger partial charge in [0.25, 0.3) is 0 Å². The lowest BCUT2D eigenvalue weighted by Gasteiger charge is -2.29. The first kappa shape index (κ1) is 20.5. The molecule has 0 spiro atoms. The molecular weight excluding hydrogens is 407 g/mol. The second kappa shape index (κ2) is 8.61. The Hall–Kier alpha value is -3.42. The third-order valence-electron chi connectivity index (χ3n) is 6.02. The summed E-state index contributed by atoms with van der Waals surface area (Å²) in [6.45, 7) is 2.87. The van der Waals surface area contributed by atoms with Crippen LogP contribution in [0.25, 0.3) is 22.2 Å². The van der Waals surface area contributed by atoms with Gasteiger partial charge in [-0.3, -0.25) is 9.36 Å². The van der Waals surface area contributed by atoms with Crippen LogP contribution in [0.15, 0.2) is 48.9 Å². The molecule has 0 aliphatic heterocycles. The number of nitrogens with zero attached hydrogens (tertiary/aromatic N) is 5. The van der Waals surface area contributed by atoms with Crippen LogP contribution in [-0.4, -0.2) is 37.2 Å². The van der Waals surface area contributed by atoms with Gasteiger partial charge in [-0.15, -0.1) is 0 Å². The molecule has 1 N–H and O–H groups in total. The van der Waals surface area contributed by atoms with Crippen LogP contribution >= 0.6 is 0 Å². The van der Waals surface area contributed by atoms with E-state index in [4.69, 9.17) is 9.84 Å². The van der Waals surface area contributed by atoms with Gasteiger partial charge in [0.05, 0.1) is 23.9 Å². The van der Waals surface area contributed by atoms with E-state index in [2.05, 4.69) is 33.1 Å². The van der Waals surface area contributed by atoms with Gasteiger partial charge in [-0.1, -0.05) is 6.07 Å². The average Bonchev–Trinajstić information content (AvgIpc) is 3.38. The van der Waals surface area contributed by atoms with Crippen molar-refractivity contribution in [2.24, 2.45) is 7.05 Å². The first-order chi connectivity index (χ1) is 15.6. The van der Waals surface area contributed by atoms with Gasteiger partial charge in [-0.2, -0.15) is 10.2 Å². The van der Waals surface area contributed by atoms with E-state index in [1.807, 2.05) is 31.7 Å². The predicted molar refractivity (Wildman–Crippen MR) is 122 cm³/mol. The number of halogens is 1. The van der Waals surface area contributed by atoms with Crippen molar-refractivity contribution in [3.63, 3.8) is 0 Å². The number of ether oxygens (including phenoxy) is 1. The molecule has 0 amide bonds. The SMILES string of the molecule is CCNc1cc2c(cn1)c(-c1cnn(C)c1)nn2[C@H]1CC[C@H](Oc2cccc(F)c2)CC1. The molecular formula is C24H27FN6O. The number of benzene rings is 1. The quantitative estimate of drug-likeness (QED) is 0.464. The van der Waals surface area contributed by atoms with Gasteiger partial charge in [-0.25, -0.2) is 9.37 Å². The topological polar surface area (TPSA) is 69.8 Å². The first-order valence-corrected chi connectivity index (χ1v) is 11.1. The number of rotatable bonds is 6. The van der Waals surface area contributed by atoms with Crippen molar-refractivity contribution in [3.8, 4) is 17.0 Å². The number of pyridine rings is 1. The number of hydrogen-bond acceptors (Lipinski definition) is 5. The summed E-state index contributed by atoms with van der Waals surface area (Å²) in [5, 5.41) is 13.7. The molecule has 0 saturated heterocycles. The minimum atomic E-state index is -0.271. The van der Waals surface area contributed by atoms with Crippen LogP contribution in [0, 0.1) is 5.82 Å². The zero-order chi connectivity index (χ0) is 22.1. The molecule has 5 rings (SSSR count). The molecule has 7 nitrogen and oxygen atoms in total. The van der Waals surface area contributed by atoms with Gasteiger partial charge < -0.3 is 10.1 Å². The van der Waals surface area contributed by atoms with Gasteiger partial charge >= 0.3 is 0 Å². The Kier molecular flexibility index (Phi) is 5.51. The van der Waals surface area contributed by atoms with E-state index in [0.717, 1.165) is 60.2 Å². The predicted octanol–water partition coefficient (Wildman–Crippen LogP) is 4.97. The molecule has 1 aliphatic carbocycles. The Bertz CT molecular complexity index is 1220. The lowest BCUT2D eigenvalue weighted by atomic mass is 9.93. The van der Waals surface area contributed by atoms with Crippen molar-refractivity contribution in [1.82, 2.24) is 24.5 Å². The summed E-state index contributed by atoms with van der Waals surface area (Å²) in [5.41, 5.74) is 2.96. The van der Waals surface area contributed by atoms with Gasteiger partial charge in [0.1, 0.15) is 23.1 Å². The van der Waals surface area contributed by atoms with Gasteiger partial charge in [0.2, 0.25) is 0 Å². The molecule has 1 fully saturated rings. The molecule has 166 valence electrons. The highest BCUT2D eigenvalue weighted by molar-refractivity contribution is 5.93. The summed E-state index contributed by atoms with van der Waals surface area (Å²) in [6.07, 6.45) is 9.50. The zero-order valence-electron chi connectivity index (χ0n) is 18.3. The van der Waals surface area contributed by atoms with E-state index < -0.39 is 0 Å². The molecule has 0 atom stereocenters. The van der Waals surface area contributed by atoms with E-state index in [1.165, 1.54) is 12.1 Å². The maximum absolute atomic E-state index is 13.5. The van der Waals surface area contributed by atoms with Crippen molar-refractivity contribution in [1.29, 1.82) is 0 Å². The number of nitrogens with one attached hydrogen (secondary N) is 1. The Morgan fingerprint density at radius 1 is 1.16 bits per heavy atom. The molecule has 1 saturated carbocycles. The van der Waals surface area contributed by atoms with Crippen LogP contribution in [0.4, 0.5) is 10.2 Å². The number of hydrogen-bond donors (Lipinski definition) is 1. The van der Waals surface area contributed by atoms with Crippen molar-refractivity contribution < 1.29 is 9.13 Å². The second-order valence-corrected chi connectivity index (χ2v) is 8.32. The van der Waals surface area contributed by atoms with Crippen molar-refractivity contribution >= 4 is 16.7 Å². The van der Waals surface area contributed by atoms with Crippen molar-refractivity contribution in [2.45, 2.75) is 44.8 Å². The minimum Gasteiger partial charge on any atom is -0.490 e. The van der Waals surface area contributed by atoms with Crippen LogP contribution in [0.5, 0.6) is 5.75 Å². The largest absolute Gasteiger partial charge is 0.490 e. The van der Waals surface area contributed by atoms with Crippen molar-refractivity contribution in [2.75, 3.05) is 11.9 Å². The lowest BCUT2D eigenvalue weighted by Crippen LogP contribution is -2.26. The van der Waals surface area contributed by atoms with Crippen LogP contribution < -0.4 is 10.1 Å². The van der Waals surface area contributed by atoms with Gasteiger partial charge in [-0.05, 0) is 44.7 Å². The number of aryl methyl sites for hydroxylation is 1. The maximum atomic E-state index is 13.5. The zero-order valence-corrected chi connectivity index (χ0v) is 18.3. The van der Waals surface area contributed by atoms with E-state index in [-0.39, 0.29) is 18.0 Å². The Balaban J connectivity index is 1.41. The van der Waals surface area contributed by atoms with E-state index in [1.54, 1.807) is 10.7 Å². The number of fused-ring (bicyclic) bond motifs is 1. The lowest BCUT2D eigenvalue weighted by molar-refractivity contribution is 0.130. The molecule has 1 aliphatic rings. The van der Waals surface area contributed by atoms with Gasteiger partial charge in [0.15, 0.2) is 0 Å². The average molecular weight is 435 g/mol. The summed E-state index contributed by atoms with van der Waals surface area (Å²) >= 11 is 0. The second-order valence-electron chi connectivity index (χ2n) is 8.32. The smallest absolute Gasteiger partial charge is 0.128 e. The van der Waals surface area contributed by atoms with E-state index >= 15 is 0 Å². The molecule has 4 aromatic rings. The highest BCUT2D eigenvalue weighted by Gasteiger charge is 2.27. The standard InChI is InChI=1S/C24H27FN6O/c1-3-26-23-12-22-21(14-27-23)24(16-13-28-30(2)15-16)29-31(22)18-7-9-19(10-8-18)32-20-6-4-5-17(25)11-20/h4-6,11-15,18-19H,3,7-10H2,1-2H3,(H,26,27)/t18-,19-. The maximum Gasteiger partial charge on any atom is 0.128 e. The summed E-state index contributed by atoms with van der Waals surface area (Å²) in [5.74, 6) is 1.17. The Morgan fingerprint density at radius 3 is 2.72 bits per heavy atom. The van der Waals surface area contributed by atoms with E-state index in [0.29, 0.717) is 5.75 Å². The number of aromatic nitrogens is 5. The Morgan fingerprint density at radius 2 is 2.00 bits per heavy atom. The summed E-state index contributed by atoms with van der Waals surface area (Å²) in [4.78, 5) is 4.57. The number of anilines is 1. The van der Waals surface area contributed by atoms with Crippen LogP contribution in [0.2, 0.25) is 0 Å². The fraction of sp³-hybridized carbons (Fsp3) is 0.375. The molecule has 0 unspecified atom stereocenters. The third kappa shape index (κ3) is 4.04. The monoisotopic (exact) mass is 434 g/mol. The normalized spacial score (nSPS) is 18.7. The van der Waals surface area contributed by atoms with E-state index in [9.17, 15) is 4.39 Å². The fourth-order valence-electron chi connectivity index (χ4n) is 4.49.